The van der Waals surface area contributed by atoms with Gasteiger partial charge in [-0.15, -0.1) is 0 Å². The fourth-order valence-corrected chi connectivity index (χ4v) is 2.54. The Kier molecular flexibility index (Phi) is 5.18. The molecule has 0 saturated heterocycles. The highest BCUT2D eigenvalue weighted by Gasteiger charge is 2.11. The third-order valence-corrected chi connectivity index (χ3v) is 3.80. The predicted molar refractivity (Wildman–Crippen MR) is 83.2 cm³/mol. The van der Waals surface area contributed by atoms with E-state index in [1.165, 1.54) is 6.07 Å². The van der Waals surface area contributed by atoms with Gasteiger partial charge < -0.3 is 9.84 Å². The van der Waals surface area contributed by atoms with E-state index in [2.05, 4.69) is 31.9 Å². The van der Waals surface area contributed by atoms with Gasteiger partial charge in [0.15, 0.2) is 0 Å². The van der Waals surface area contributed by atoms with Crippen LogP contribution in [0.15, 0.2) is 45.3 Å². The molecule has 2 nitrogen and oxygen atoms in total. The van der Waals surface area contributed by atoms with Crippen LogP contribution in [0.25, 0.3) is 0 Å². The monoisotopic (exact) mass is 402 g/mol. The first-order valence-corrected chi connectivity index (χ1v) is 7.60. The van der Waals surface area contributed by atoms with Crippen molar-refractivity contribution in [1.82, 2.24) is 0 Å². The molecule has 0 aromatic heterocycles. The minimum atomic E-state index is -0.648. The molecule has 0 unspecified atom stereocenters. The Balaban J connectivity index is 2.22. The van der Waals surface area contributed by atoms with Crippen molar-refractivity contribution in [2.75, 3.05) is 0 Å². The molecule has 0 bridgehead atoms. The van der Waals surface area contributed by atoms with Crippen molar-refractivity contribution in [1.29, 1.82) is 0 Å². The number of hydrogen-bond acceptors (Lipinski definition) is 2. The zero-order chi connectivity index (χ0) is 14.7. The summed E-state index contributed by atoms with van der Waals surface area (Å²) in [5.41, 5.74) is 1.12. The summed E-state index contributed by atoms with van der Waals surface area (Å²) in [5.74, 6) is 0.218. The molecule has 20 heavy (non-hydrogen) atoms. The average molecular weight is 404 g/mol. The number of benzene rings is 2. The molecule has 5 heteroatoms. The molecule has 0 aliphatic carbocycles. The Morgan fingerprint density at radius 2 is 1.80 bits per heavy atom. The number of halogens is 3. The molecule has 0 spiro atoms. The van der Waals surface area contributed by atoms with Crippen molar-refractivity contribution in [3.8, 4) is 5.75 Å². The van der Waals surface area contributed by atoms with E-state index < -0.39 is 6.10 Å². The summed E-state index contributed by atoms with van der Waals surface area (Å²) in [5, 5.41) is 9.71. The van der Waals surface area contributed by atoms with Gasteiger partial charge >= 0.3 is 0 Å². The van der Waals surface area contributed by atoms with Crippen LogP contribution in [0.1, 0.15) is 24.2 Å². The summed E-state index contributed by atoms with van der Waals surface area (Å²) in [7, 11) is 0. The molecule has 2 aromatic rings. The maximum atomic E-state index is 13.7. The minimum Gasteiger partial charge on any atom is -0.488 e. The molecule has 0 aliphatic rings. The molecular formula is C15H13Br2FO2. The summed E-state index contributed by atoms with van der Waals surface area (Å²) in [6.07, 6.45) is -0.648. The van der Waals surface area contributed by atoms with Crippen LogP contribution >= 0.6 is 31.9 Å². The van der Waals surface area contributed by atoms with Gasteiger partial charge in [-0.2, -0.15) is 0 Å². The van der Waals surface area contributed by atoms with E-state index in [0.29, 0.717) is 16.9 Å². The number of rotatable bonds is 4. The summed E-state index contributed by atoms with van der Waals surface area (Å²) in [4.78, 5) is 0. The van der Waals surface area contributed by atoms with Crippen molar-refractivity contribution < 1.29 is 14.2 Å². The van der Waals surface area contributed by atoms with Crippen molar-refractivity contribution in [3.05, 3.63) is 62.3 Å². The third kappa shape index (κ3) is 3.81. The lowest BCUT2D eigenvalue weighted by Gasteiger charge is -2.14. The molecule has 2 rings (SSSR count). The summed E-state index contributed by atoms with van der Waals surface area (Å²) in [6, 6.07) is 10.1. The van der Waals surface area contributed by atoms with E-state index in [4.69, 9.17) is 4.74 Å². The van der Waals surface area contributed by atoms with Crippen LogP contribution in [-0.2, 0) is 6.61 Å². The molecule has 0 heterocycles. The van der Waals surface area contributed by atoms with Crippen LogP contribution in [0, 0.1) is 5.82 Å². The van der Waals surface area contributed by atoms with Gasteiger partial charge in [0.1, 0.15) is 18.2 Å². The van der Waals surface area contributed by atoms with Crippen molar-refractivity contribution in [3.63, 3.8) is 0 Å². The van der Waals surface area contributed by atoms with E-state index in [1.54, 1.807) is 31.2 Å². The van der Waals surface area contributed by atoms with Gasteiger partial charge in [-0.25, -0.2) is 4.39 Å². The van der Waals surface area contributed by atoms with Gasteiger partial charge in [0.2, 0.25) is 0 Å². The standard InChI is InChI=1S/C15H13Br2FO2/c1-9(19)13-4-2-12(17)7-15(13)20-8-10-6-11(16)3-5-14(10)18/h2-7,9,19H,8H2,1H3/t9-/m1/s1. The molecule has 0 aliphatic heterocycles. The van der Waals surface area contributed by atoms with Gasteiger partial charge in [0.05, 0.1) is 6.10 Å². The largest absolute Gasteiger partial charge is 0.488 e. The highest BCUT2D eigenvalue weighted by atomic mass is 79.9. The Hall–Kier alpha value is -0.910. The SMILES string of the molecule is C[C@@H](O)c1ccc(Br)cc1OCc1cc(Br)ccc1F. The van der Waals surface area contributed by atoms with Gasteiger partial charge in [0.25, 0.3) is 0 Å². The fraction of sp³-hybridized carbons (Fsp3) is 0.200. The zero-order valence-corrected chi connectivity index (χ0v) is 13.9. The summed E-state index contributed by atoms with van der Waals surface area (Å²) >= 11 is 6.66. The molecule has 1 N–H and O–H groups in total. The third-order valence-electron chi connectivity index (χ3n) is 2.82. The predicted octanol–water partition coefficient (Wildman–Crippen LogP) is 4.98. The second-order valence-electron chi connectivity index (χ2n) is 4.38. The van der Waals surface area contributed by atoms with Crippen LogP contribution in [0.4, 0.5) is 4.39 Å². The van der Waals surface area contributed by atoms with Crippen molar-refractivity contribution in [2.45, 2.75) is 19.6 Å². The van der Waals surface area contributed by atoms with Crippen molar-refractivity contribution >= 4 is 31.9 Å². The lowest BCUT2D eigenvalue weighted by atomic mass is 10.1. The summed E-state index contributed by atoms with van der Waals surface area (Å²) < 4.78 is 20.9. The normalized spacial score (nSPS) is 12.2. The topological polar surface area (TPSA) is 29.5 Å². The van der Waals surface area contributed by atoms with Crippen LogP contribution in [-0.4, -0.2) is 5.11 Å². The Morgan fingerprint density at radius 1 is 1.15 bits per heavy atom. The molecule has 0 radical (unpaired) electrons. The molecule has 0 saturated carbocycles. The minimum absolute atomic E-state index is 0.0987. The maximum absolute atomic E-state index is 13.7. The second-order valence-corrected chi connectivity index (χ2v) is 6.21. The Bertz CT molecular complexity index is 615. The average Bonchev–Trinajstić information content (AvgIpc) is 2.39. The highest BCUT2D eigenvalue weighted by molar-refractivity contribution is 9.10. The van der Waals surface area contributed by atoms with Gasteiger partial charge in [0, 0.05) is 20.1 Å². The van der Waals surface area contributed by atoms with Gasteiger partial charge in [-0.3, -0.25) is 0 Å². The van der Waals surface area contributed by atoms with Crippen LogP contribution in [0.3, 0.4) is 0 Å². The Morgan fingerprint density at radius 3 is 2.50 bits per heavy atom. The fourth-order valence-electron chi connectivity index (χ4n) is 1.79. The first-order chi connectivity index (χ1) is 9.47. The first-order valence-electron chi connectivity index (χ1n) is 6.01. The first kappa shape index (κ1) is 15.5. The second kappa shape index (κ2) is 6.70. The molecule has 0 fully saturated rings. The molecule has 1 atom stereocenters. The highest BCUT2D eigenvalue weighted by Crippen LogP contribution is 2.29. The molecule has 106 valence electrons. The number of aliphatic hydroxyl groups is 1. The van der Waals surface area contributed by atoms with E-state index in [0.717, 1.165) is 8.95 Å². The van der Waals surface area contributed by atoms with Gasteiger partial charge in [-0.1, -0.05) is 37.9 Å². The zero-order valence-electron chi connectivity index (χ0n) is 10.7. The molecule has 0 amide bonds. The van der Waals surface area contributed by atoms with Crippen LogP contribution in [0.2, 0.25) is 0 Å². The van der Waals surface area contributed by atoms with E-state index >= 15 is 0 Å². The Labute approximate surface area is 133 Å². The lowest BCUT2D eigenvalue weighted by molar-refractivity contribution is 0.190. The van der Waals surface area contributed by atoms with E-state index in [9.17, 15) is 9.50 Å². The number of ether oxygens (including phenoxy) is 1. The number of aliphatic hydroxyl groups excluding tert-OH is 1. The smallest absolute Gasteiger partial charge is 0.129 e. The van der Waals surface area contributed by atoms with Gasteiger partial charge in [-0.05, 0) is 37.3 Å². The summed E-state index contributed by atoms with van der Waals surface area (Å²) in [6.45, 7) is 1.76. The van der Waals surface area contributed by atoms with Crippen molar-refractivity contribution in [2.24, 2.45) is 0 Å². The molecule has 2 aromatic carbocycles. The quantitative estimate of drug-likeness (QED) is 0.779. The maximum Gasteiger partial charge on any atom is 0.129 e. The number of hydrogen-bond donors (Lipinski definition) is 1. The lowest BCUT2D eigenvalue weighted by Crippen LogP contribution is -2.02. The van der Waals surface area contributed by atoms with E-state index in [1.807, 2.05) is 6.07 Å². The molecular weight excluding hydrogens is 391 g/mol. The van der Waals surface area contributed by atoms with Crippen LogP contribution in [0.5, 0.6) is 5.75 Å². The van der Waals surface area contributed by atoms with Crippen LogP contribution < -0.4 is 4.74 Å². The van der Waals surface area contributed by atoms with E-state index in [-0.39, 0.29) is 12.4 Å².